The van der Waals surface area contributed by atoms with Crippen molar-refractivity contribution in [1.29, 1.82) is 5.26 Å². The average molecular weight is 167 g/mol. The maximum Gasteiger partial charge on any atom is 0.0802 e. The van der Waals surface area contributed by atoms with E-state index in [2.05, 4.69) is 6.07 Å². The van der Waals surface area contributed by atoms with E-state index in [4.69, 9.17) is 5.26 Å². The number of aliphatic hydroxyl groups is 1. The van der Waals surface area contributed by atoms with Crippen LogP contribution in [0.2, 0.25) is 0 Å². The second kappa shape index (κ2) is 2.74. The van der Waals surface area contributed by atoms with Crippen LogP contribution >= 0.6 is 0 Å². The first-order valence-corrected chi connectivity index (χ1v) is 4.53. The van der Waals surface area contributed by atoms with Gasteiger partial charge in [-0.2, -0.15) is 5.26 Å². The molecule has 0 saturated heterocycles. The minimum Gasteiger partial charge on any atom is -0.389 e. The van der Waals surface area contributed by atoms with Crippen molar-refractivity contribution in [3.05, 3.63) is 0 Å². The van der Waals surface area contributed by atoms with Gasteiger partial charge in [0.1, 0.15) is 0 Å². The van der Waals surface area contributed by atoms with Crippen molar-refractivity contribution >= 4 is 0 Å². The van der Waals surface area contributed by atoms with Crippen LogP contribution in [0.25, 0.3) is 0 Å². The van der Waals surface area contributed by atoms with Crippen LogP contribution < -0.4 is 0 Å². The van der Waals surface area contributed by atoms with Crippen LogP contribution in [0, 0.1) is 22.7 Å². The molecule has 0 aromatic rings. The molecule has 0 bridgehead atoms. The first-order valence-electron chi connectivity index (χ1n) is 4.53. The Morgan fingerprint density at radius 1 is 1.42 bits per heavy atom. The summed E-state index contributed by atoms with van der Waals surface area (Å²) in [5.41, 5.74) is -1.46. The molecule has 1 fully saturated rings. The molecule has 0 aromatic heterocycles. The molecule has 1 atom stereocenters. The molecule has 2 nitrogen and oxygen atoms in total. The summed E-state index contributed by atoms with van der Waals surface area (Å²) in [7, 11) is 0. The van der Waals surface area contributed by atoms with Gasteiger partial charge in [-0.1, -0.05) is 12.8 Å². The topological polar surface area (TPSA) is 44.0 Å². The van der Waals surface area contributed by atoms with Crippen molar-refractivity contribution in [3.8, 4) is 6.07 Å². The number of hydrogen-bond acceptors (Lipinski definition) is 2. The van der Waals surface area contributed by atoms with Gasteiger partial charge in [-0.3, -0.25) is 0 Å². The zero-order valence-electron chi connectivity index (χ0n) is 8.09. The van der Waals surface area contributed by atoms with Gasteiger partial charge in [-0.25, -0.2) is 0 Å². The predicted octanol–water partition coefficient (Wildman–Crippen LogP) is 2.09. The van der Waals surface area contributed by atoms with E-state index in [1.165, 1.54) is 12.8 Å². The molecule has 0 heterocycles. The monoisotopic (exact) mass is 167 g/mol. The summed E-state index contributed by atoms with van der Waals surface area (Å²) in [4.78, 5) is 0. The van der Waals surface area contributed by atoms with E-state index in [9.17, 15) is 5.11 Å². The third-order valence-corrected chi connectivity index (χ3v) is 3.01. The van der Waals surface area contributed by atoms with Crippen LogP contribution in [0.4, 0.5) is 0 Å². The summed E-state index contributed by atoms with van der Waals surface area (Å²) in [6.45, 7) is 5.37. The van der Waals surface area contributed by atoms with Crippen molar-refractivity contribution < 1.29 is 5.11 Å². The number of nitrogens with zero attached hydrogens (tertiary/aromatic N) is 1. The lowest BCUT2D eigenvalue weighted by atomic mass is 9.74. The molecule has 1 unspecified atom stereocenters. The molecule has 0 amide bonds. The summed E-state index contributed by atoms with van der Waals surface area (Å²) >= 11 is 0. The molecule has 12 heavy (non-hydrogen) atoms. The van der Waals surface area contributed by atoms with Gasteiger partial charge in [0, 0.05) is 0 Å². The summed E-state index contributed by atoms with van der Waals surface area (Å²) in [6.07, 6.45) is 3.21. The van der Waals surface area contributed by atoms with Gasteiger partial charge in [0.05, 0.1) is 17.1 Å². The summed E-state index contributed by atoms with van der Waals surface area (Å²) in [5.74, 6) is 0.660. The van der Waals surface area contributed by atoms with E-state index in [0.717, 1.165) is 6.42 Å². The molecule has 1 N–H and O–H groups in total. The first kappa shape index (κ1) is 9.54. The Kier molecular flexibility index (Phi) is 2.18. The van der Waals surface area contributed by atoms with Crippen molar-refractivity contribution in [2.45, 2.75) is 45.6 Å². The van der Waals surface area contributed by atoms with Crippen LogP contribution in [-0.2, 0) is 0 Å². The Hall–Kier alpha value is -0.550. The predicted molar refractivity (Wildman–Crippen MR) is 47.4 cm³/mol. The fourth-order valence-electron chi connectivity index (χ4n) is 1.26. The van der Waals surface area contributed by atoms with Gasteiger partial charge in [0.2, 0.25) is 0 Å². The third kappa shape index (κ3) is 1.78. The molecule has 2 heteroatoms. The summed E-state index contributed by atoms with van der Waals surface area (Å²) in [6, 6.07) is 2.16. The molecule has 1 aliphatic rings. The van der Waals surface area contributed by atoms with Crippen LogP contribution in [0.1, 0.15) is 40.0 Å². The molecular weight excluding hydrogens is 150 g/mol. The zero-order valence-corrected chi connectivity index (χ0v) is 8.09. The summed E-state index contributed by atoms with van der Waals surface area (Å²) < 4.78 is 0. The summed E-state index contributed by atoms with van der Waals surface area (Å²) in [5, 5.41) is 18.9. The van der Waals surface area contributed by atoms with Gasteiger partial charge in [0.15, 0.2) is 0 Å². The SMILES string of the molecule is CC(C)(C#N)C(C)(O)CC1CC1. The fourth-order valence-corrected chi connectivity index (χ4v) is 1.26. The van der Waals surface area contributed by atoms with Gasteiger partial charge < -0.3 is 5.11 Å². The molecule has 0 radical (unpaired) electrons. The molecule has 0 aromatic carbocycles. The van der Waals surface area contributed by atoms with Crippen molar-refractivity contribution in [3.63, 3.8) is 0 Å². The van der Waals surface area contributed by atoms with E-state index >= 15 is 0 Å². The van der Waals surface area contributed by atoms with Crippen molar-refractivity contribution in [2.24, 2.45) is 11.3 Å². The normalized spacial score (nSPS) is 22.9. The van der Waals surface area contributed by atoms with Crippen LogP contribution in [0.3, 0.4) is 0 Å². The van der Waals surface area contributed by atoms with E-state index in [0.29, 0.717) is 5.92 Å². The Morgan fingerprint density at radius 2 is 1.92 bits per heavy atom. The van der Waals surface area contributed by atoms with E-state index in [-0.39, 0.29) is 0 Å². The van der Waals surface area contributed by atoms with Crippen molar-refractivity contribution in [1.82, 2.24) is 0 Å². The third-order valence-electron chi connectivity index (χ3n) is 3.01. The smallest absolute Gasteiger partial charge is 0.0802 e. The maximum absolute atomic E-state index is 10.0. The second-order valence-corrected chi connectivity index (χ2v) is 4.66. The molecule has 1 aliphatic carbocycles. The highest BCUT2D eigenvalue weighted by Crippen LogP contribution is 2.43. The number of rotatable bonds is 3. The highest BCUT2D eigenvalue weighted by molar-refractivity contribution is 5.05. The number of hydrogen-bond donors (Lipinski definition) is 1. The van der Waals surface area contributed by atoms with Gasteiger partial charge in [0.25, 0.3) is 0 Å². The number of nitriles is 1. The fraction of sp³-hybridized carbons (Fsp3) is 0.900. The van der Waals surface area contributed by atoms with Crippen molar-refractivity contribution in [2.75, 3.05) is 0 Å². The molecule has 1 saturated carbocycles. The Bertz CT molecular complexity index is 208. The molecule has 0 aliphatic heterocycles. The highest BCUT2D eigenvalue weighted by Gasteiger charge is 2.43. The second-order valence-electron chi connectivity index (χ2n) is 4.66. The highest BCUT2D eigenvalue weighted by atomic mass is 16.3. The van der Waals surface area contributed by atoms with E-state index in [1.54, 1.807) is 20.8 Å². The van der Waals surface area contributed by atoms with Gasteiger partial charge in [-0.15, -0.1) is 0 Å². The minimum absolute atomic E-state index is 0.629. The van der Waals surface area contributed by atoms with Gasteiger partial charge in [-0.05, 0) is 33.1 Å². The Labute approximate surface area is 74.2 Å². The first-order chi connectivity index (χ1) is 5.39. The lowest BCUT2D eigenvalue weighted by molar-refractivity contribution is -0.0331. The van der Waals surface area contributed by atoms with Crippen LogP contribution in [0.15, 0.2) is 0 Å². The van der Waals surface area contributed by atoms with E-state index < -0.39 is 11.0 Å². The Balaban J connectivity index is 2.62. The molecule has 1 rings (SSSR count). The Morgan fingerprint density at radius 3 is 2.25 bits per heavy atom. The zero-order chi connectivity index (χ0) is 9.41. The van der Waals surface area contributed by atoms with Crippen LogP contribution in [-0.4, -0.2) is 10.7 Å². The quantitative estimate of drug-likeness (QED) is 0.699. The van der Waals surface area contributed by atoms with E-state index in [1.807, 2.05) is 0 Å². The average Bonchev–Trinajstić information content (AvgIpc) is 2.70. The lowest BCUT2D eigenvalue weighted by Gasteiger charge is -2.34. The van der Waals surface area contributed by atoms with Crippen LogP contribution in [0.5, 0.6) is 0 Å². The largest absolute Gasteiger partial charge is 0.389 e. The standard InChI is InChI=1S/C10H17NO/c1-9(2,7-11)10(3,12)6-8-4-5-8/h8,12H,4-6H2,1-3H3. The lowest BCUT2D eigenvalue weighted by Crippen LogP contribution is -2.41. The molecule has 68 valence electrons. The molecular formula is C10H17NO. The molecule has 0 spiro atoms. The maximum atomic E-state index is 10.0. The minimum atomic E-state index is -0.830. The van der Waals surface area contributed by atoms with Gasteiger partial charge >= 0.3 is 0 Å².